The zero-order valence-electron chi connectivity index (χ0n) is 17.8. The summed E-state index contributed by atoms with van der Waals surface area (Å²) >= 11 is 0. The van der Waals surface area contributed by atoms with E-state index in [2.05, 4.69) is 39.5 Å². The van der Waals surface area contributed by atoms with E-state index in [9.17, 15) is 4.79 Å². The number of anilines is 1. The van der Waals surface area contributed by atoms with E-state index in [1.54, 1.807) is 0 Å². The lowest BCUT2D eigenvalue weighted by atomic mass is 10.2. The summed E-state index contributed by atoms with van der Waals surface area (Å²) in [6, 6.07) is 20.5. The van der Waals surface area contributed by atoms with Crippen LogP contribution in [0.15, 0.2) is 60.7 Å². The number of aromatic nitrogens is 2. The Hall–Kier alpha value is -3.12. The fourth-order valence-corrected chi connectivity index (χ4v) is 4.14. The van der Waals surface area contributed by atoms with Crippen LogP contribution >= 0.6 is 0 Å². The minimum Gasteiger partial charge on any atom is -0.366 e. The van der Waals surface area contributed by atoms with Crippen molar-refractivity contribution in [3.63, 3.8) is 0 Å². The molecule has 2 N–H and O–H groups in total. The zero-order chi connectivity index (χ0) is 21.0. The van der Waals surface area contributed by atoms with E-state index in [-0.39, 0.29) is 5.91 Å². The highest BCUT2D eigenvalue weighted by Gasteiger charge is 2.30. The lowest BCUT2D eigenvalue weighted by Crippen LogP contribution is -2.34. The second kappa shape index (κ2) is 8.94. The Morgan fingerprint density at radius 3 is 2.32 bits per heavy atom. The molecule has 160 valence electrons. The Labute approximate surface area is 183 Å². The van der Waals surface area contributed by atoms with E-state index >= 15 is 0 Å². The van der Waals surface area contributed by atoms with Crippen molar-refractivity contribution in [3.05, 3.63) is 83.3 Å². The Morgan fingerprint density at radius 2 is 1.65 bits per heavy atom. The Kier molecular flexibility index (Phi) is 5.71. The minimum absolute atomic E-state index is 0.0423. The number of imidazole rings is 1. The zero-order valence-corrected chi connectivity index (χ0v) is 17.8. The average Bonchev–Trinajstić information content (AvgIpc) is 3.58. The van der Waals surface area contributed by atoms with Crippen molar-refractivity contribution in [2.45, 2.75) is 32.5 Å². The van der Waals surface area contributed by atoms with Crippen molar-refractivity contribution in [3.8, 4) is 0 Å². The van der Waals surface area contributed by atoms with E-state index in [4.69, 9.17) is 4.98 Å². The number of amides is 1. The molecule has 2 heterocycles. The second-order valence-electron chi connectivity index (χ2n) is 8.51. The maximum atomic E-state index is 13.7. The molecule has 1 aromatic heterocycles. The van der Waals surface area contributed by atoms with Crippen LogP contribution in [0.3, 0.4) is 0 Å². The first-order valence-electron chi connectivity index (χ1n) is 11.2. The number of benzene rings is 2. The van der Waals surface area contributed by atoms with Gasteiger partial charge in [0.05, 0.1) is 6.54 Å². The van der Waals surface area contributed by atoms with Crippen LogP contribution in [0.1, 0.15) is 40.3 Å². The van der Waals surface area contributed by atoms with E-state index in [1.165, 1.54) is 12.8 Å². The van der Waals surface area contributed by atoms with Gasteiger partial charge in [-0.2, -0.15) is 0 Å². The SMILES string of the molecule is O=C1c2c(nc(CNCC3CC3)n2Cc2ccccc2)NCCN1Cc1ccccc1. The molecule has 1 fully saturated rings. The number of carbonyl (C=O) groups excluding carboxylic acids is 1. The van der Waals surface area contributed by atoms with Gasteiger partial charge in [0.25, 0.3) is 5.91 Å². The standard InChI is InChI=1S/C25H29N5O/c31-25-23-24(27-13-14-29(25)17-20-7-3-1-4-8-20)28-22(16-26-15-19-11-12-19)30(23)18-21-9-5-2-6-10-21/h1-10,19,26-27H,11-18H2. The Balaban J connectivity index is 1.45. The molecule has 1 amide bonds. The summed E-state index contributed by atoms with van der Waals surface area (Å²) in [4.78, 5) is 20.4. The summed E-state index contributed by atoms with van der Waals surface area (Å²) in [6.07, 6.45) is 2.63. The van der Waals surface area contributed by atoms with E-state index < -0.39 is 0 Å². The molecule has 5 rings (SSSR count). The van der Waals surface area contributed by atoms with Crippen molar-refractivity contribution in [2.24, 2.45) is 5.92 Å². The minimum atomic E-state index is 0.0423. The van der Waals surface area contributed by atoms with Crippen LogP contribution in [0, 0.1) is 5.92 Å². The molecule has 0 saturated heterocycles. The van der Waals surface area contributed by atoms with Crippen LogP contribution in [-0.4, -0.2) is 40.0 Å². The lowest BCUT2D eigenvalue weighted by Gasteiger charge is -2.22. The van der Waals surface area contributed by atoms with Crippen molar-refractivity contribution in [2.75, 3.05) is 25.0 Å². The summed E-state index contributed by atoms with van der Waals surface area (Å²) in [7, 11) is 0. The van der Waals surface area contributed by atoms with Crippen molar-refractivity contribution < 1.29 is 4.79 Å². The normalized spacial score (nSPS) is 16.0. The maximum absolute atomic E-state index is 13.7. The summed E-state index contributed by atoms with van der Waals surface area (Å²) in [5, 5.41) is 6.95. The molecule has 0 atom stereocenters. The predicted octanol–water partition coefficient (Wildman–Crippen LogP) is 3.50. The van der Waals surface area contributed by atoms with Gasteiger partial charge < -0.3 is 20.1 Å². The first-order chi connectivity index (χ1) is 15.3. The number of hydrogen-bond donors (Lipinski definition) is 2. The molecule has 6 heteroatoms. The largest absolute Gasteiger partial charge is 0.366 e. The van der Waals surface area contributed by atoms with E-state index in [0.717, 1.165) is 29.4 Å². The van der Waals surface area contributed by atoms with Gasteiger partial charge in [0.1, 0.15) is 5.82 Å². The summed E-state index contributed by atoms with van der Waals surface area (Å²) in [6.45, 7) is 4.28. The average molecular weight is 416 g/mol. The van der Waals surface area contributed by atoms with Gasteiger partial charge in [-0.05, 0) is 36.4 Å². The van der Waals surface area contributed by atoms with Gasteiger partial charge in [-0.3, -0.25) is 4.79 Å². The summed E-state index contributed by atoms with van der Waals surface area (Å²) in [5.74, 6) is 2.47. The van der Waals surface area contributed by atoms with Crippen LogP contribution in [0.5, 0.6) is 0 Å². The van der Waals surface area contributed by atoms with Crippen LogP contribution < -0.4 is 10.6 Å². The van der Waals surface area contributed by atoms with Crippen LogP contribution in [-0.2, 0) is 19.6 Å². The van der Waals surface area contributed by atoms with Crippen LogP contribution in [0.2, 0.25) is 0 Å². The molecule has 0 spiro atoms. The van der Waals surface area contributed by atoms with Gasteiger partial charge in [-0.25, -0.2) is 4.98 Å². The highest BCUT2D eigenvalue weighted by molar-refractivity contribution is 5.98. The highest BCUT2D eigenvalue weighted by atomic mass is 16.2. The third-order valence-corrected chi connectivity index (χ3v) is 6.02. The predicted molar refractivity (Wildman–Crippen MR) is 122 cm³/mol. The smallest absolute Gasteiger partial charge is 0.274 e. The Morgan fingerprint density at radius 1 is 0.968 bits per heavy atom. The molecule has 2 aliphatic rings. The molecule has 1 saturated carbocycles. The van der Waals surface area contributed by atoms with Gasteiger partial charge in [0.2, 0.25) is 0 Å². The highest BCUT2D eigenvalue weighted by Crippen LogP contribution is 2.28. The summed E-state index contributed by atoms with van der Waals surface area (Å²) in [5.41, 5.74) is 2.97. The monoisotopic (exact) mass is 415 g/mol. The number of hydrogen-bond acceptors (Lipinski definition) is 4. The molecule has 2 aromatic carbocycles. The topological polar surface area (TPSA) is 62.2 Å². The molecule has 0 radical (unpaired) electrons. The van der Waals surface area contributed by atoms with Gasteiger partial charge in [0.15, 0.2) is 11.5 Å². The molecular formula is C25H29N5O. The third kappa shape index (κ3) is 4.64. The van der Waals surface area contributed by atoms with Gasteiger partial charge in [-0.1, -0.05) is 60.7 Å². The molecule has 31 heavy (non-hydrogen) atoms. The fourth-order valence-electron chi connectivity index (χ4n) is 4.14. The molecule has 1 aliphatic carbocycles. The number of rotatable bonds is 8. The maximum Gasteiger partial charge on any atom is 0.274 e. The van der Waals surface area contributed by atoms with Crippen LogP contribution in [0.25, 0.3) is 0 Å². The summed E-state index contributed by atoms with van der Waals surface area (Å²) < 4.78 is 2.10. The third-order valence-electron chi connectivity index (χ3n) is 6.02. The van der Waals surface area contributed by atoms with E-state index in [1.807, 2.05) is 41.3 Å². The number of carbonyl (C=O) groups is 1. The number of nitrogens with one attached hydrogen (secondary N) is 2. The fraction of sp³-hybridized carbons (Fsp3) is 0.360. The van der Waals surface area contributed by atoms with Crippen molar-refractivity contribution in [1.29, 1.82) is 0 Å². The molecule has 6 nitrogen and oxygen atoms in total. The molecule has 0 unspecified atom stereocenters. The van der Waals surface area contributed by atoms with Gasteiger partial charge in [-0.15, -0.1) is 0 Å². The van der Waals surface area contributed by atoms with Gasteiger partial charge in [0, 0.05) is 26.2 Å². The molecule has 1 aliphatic heterocycles. The number of fused-ring (bicyclic) bond motifs is 1. The Bertz CT molecular complexity index is 1030. The lowest BCUT2D eigenvalue weighted by molar-refractivity contribution is 0.0745. The second-order valence-corrected chi connectivity index (χ2v) is 8.51. The molecular weight excluding hydrogens is 386 g/mol. The first kappa shape index (κ1) is 19.8. The molecule has 3 aromatic rings. The number of nitrogens with zero attached hydrogens (tertiary/aromatic N) is 3. The van der Waals surface area contributed by atoms with Crippen molar-refractivity contribution in [1.82, 2.24) is 19.8 Å². The van der Waals surface area contributed by atoms with Crippen LogP contribution in [0.4, 0.5) is 5.82 Å². The quantitative estimate of drug-likeness (QED) is 0.591. The van der Waals surface area contributed by atoms with Gasteiger partial charge >= 0.3 is 0 Å². The van der Waals surface area contributed by atoms with Crippen molar-refractivity contribution >= 4 is 11.7 Å². The molecule has 0 bridgehead atoms. The first-order valence-corrected chi connectivity index (χ1v) is 11.2. The van der Waals surface area contributed by atoms with E-state index in [0.29, 0.717) is 44.2 Å².